The Morgan fingerprint density at radius 2 is 2.05 bits per heavy atom. The van der Waals surface area contributed by atoms with Crippen molar-refractivity contribution in [2.75, 3.05) is 6.54 Å². The van der Waals surface area contributed by atoms with Gasteiger partial charge in [-0.1, -0.05) is 20.8 Å². The van der Waals surface area contributed by atoms with Gasteiger partial charge in [0.1, 0.15) is 0 Å². The molecule has 1 aromatic rings. The smallest absolute Gasteiger partial charge is 0.310 e. The highest BCUT2D eigenvalue weighted by molar-refractivity contribution is 5.95. The van der Waals surface area contributed by atoms with E-state index in [2.05, 4.69) is 24.3 Å². The van der Waals surface area contributed by atoms with Crippen LogP contribution >= 0.6 is 0 Å². The number of nitrogens with zero attached hydrogens (tertiary/aromatic N) is 2. The Bertz CT molecular complexity index is 518. The van der Waals surface area contributed by atoms with Crippen molar-refractivity contribution < 1.29 is 14.7 Å². The van der Waals surface area contributed by atoms with Crippen molar-refractivity contribution in [3.63, 3.8) is 0 Å². The molecule has 0 aromatic carbocycles. The van der Waals surface area contributed by atoms with Crippen LogP contribution < -0.4 is 5.32 Å². The number of nitrogens with one attached hydrogen (secondary N) is 1. The molecule has 0 bridgehead atoms. The molecule has 6 heteroatoms. The summed E-state index contributed by atoms with van der Waals surface area (Å²) in [7, 11) is 0. The molecule has 1 amide bonds. The number of aliphatic carboxylic acids is 1. The molecule has 1 rings (SSSR count). The van der Waals surface area contributed by atoms with Crippen LogP contribution in [-0.4, -0.2) is 33.3 Å². The largest absolute Gasteiger partial charge is 0.481 e. The zero-order valence-electron chi connectivity index (χ0n) is 13.4. The minimum Gasteiger partial charge on any atom is -0.481 e. The zero-order valence-corrected chi connectivity index (χ0v) is 13.4. The van der Waals surface area contributed by atoms with Crippen LogP contribution in [0.2, 0.25) is 0 Å². The maximum Gasteiger partial charge on any atom is 0.310 e. The average molecular weight is 295 g/mol. The van der Waals surface area contributed by atoms with Crippen LogP contribution in [0, 0.1) is 11.3 Å². The number of carboxylic acid groups (broad SMARTS) is 1. The van der Waals surface area contributed by atoms with Crippen molar-refractivity contribution in [3.05, 3.63) is 17.5 Å². The topological polar surface area (TPSA) is 84.2 Å². The number of hydrogen-bond donors (Lipinski definition) is 2. The van der Waals surface area contributed by atoms with E-state index in [9.17, 15) is 9.59 Å². The third kappa shape index (κ3) is 4.31. The molecule has 0 saturated heterocycles. The molecule has 118 valence electrons. The summed E-state index contributed by atoms with van der Waals surface area (Å²) in [5.41, 5.74) is 0.421. The molecule has 21 heavy (non-hydrogen) atoms. The van der Waals surface area contributed by atoms with Crippen molar-refractivity contribution in [2.45, 2.75) is 47.6 Å². The summed E-state index contributed by atoms with van der Waals surface area (Å²) in [5, 5.41) is 16.0. The summed E-state index contributed by atoms with van der Waals surface area (Å²) in [6.45, 7) is 10.2. The predicted octanol–water partition coefficient (Wildman–Crippen LogP) is 1.94. The van der Waals surface area contributed by atoms with Crippen molar-refractivity contribution in [2.24, 2.45) is 11.3 Å². The quantitative estimate of drug-likeness (QED) is 0.805. The van der Waals surface area contributed by atoms with E-state index in [0.717, 1.165) is 12.2 Å². The van der Waals surface area contributed by atoms with Gasteiger partial charge < -0.3 is 10.4 Å². The van der Waals surface area contributed by atoms with Crippen molar-refractivity contribution in [3.8, 4) is 0 Å². The SMILES string of the molecule is CCc1c(C(=O)NCC(C)(C)C(=O)O)cnn1CC(C)C. The Balaban J connectivity index is 2.84. The van der Waals surface area contributed by atoms with Crippen molar-refractivity contribution in [1.29, 1.82) is 0 Å². The highest BCUT2D eigenvalue weighted by atomic mass is 16.4. The van der Waals surface area contributed by atoms with Gasteiger partial charge in [0.15, 0.2) is 0 Å². The molecule has 0 unspecified atom stereocenters. The van der Waals surface area contributed by atoms with E-state index < -0.39 is 11.4 Å². The van der Waals surface area contributed by atoms with Crippen molar-refractivity contribution in [1.82, 2.24) is 15.1 Å². The van der Waals surface area contributed by atoms with Gasteiger partial charge in [-0.3, -0.25) is 14.3 Å². The molecular weight excluding hydrogens is 270 g/mol. The number of carbonyl (C=O) groups excluding carboxylic acids is 1. The Kier molecular flexibility index (Phi) is 5.52. The predicted molar refractivity (Wildman–Crippen MR) is 80.2 cm³/mol. The Labute approximate surface area is 125 Å². The first-order valence-corrected chi connectivity index (χ1v) is 7.25. The maximum atomic E-state index is 12.2. The van der Waals surface area contributed by atoms with Gasteiger partial charge >= 0.3 is 5.97 Å². The molecule has 0 aliphatic carbocycles. The van der Waals surface area contributed by atoms with E-state index in [1.165, 1.54) is 0 Å². The van der Waals surface area contributed by atoms with Gasteiger partial charge in [-0.15, -0.1) is 0 Å². The number of carbonyl (C=O) groups is 2. The third-order valence-electron chi connectivity index (χ3n) is 3.34. The first kappa shape index (κ1) is 17.2. The maximum absolute atomic E-state index is 12.2. The molecule has 0 aliphatic heterocycles. The van der Waals surface area contributed by atoms with E-state index in [-0.39, 0.29) is 12.5 Å². The lowest BCUT2D eigenvalue weighted by molar-refractivity contribution is -0.146. The van der Waals surface area contributed by atoms with Crippen LogP contribution in [0.5, 0.6) is 0 Å². The van der Waals surface area contributed by atoms with Crippen molar-refractivity contribution >= 4 is 11.9 Å². The molecule has 0 saturated carbocycles. The molecule has 2 N–H and O–H groups in total. The summed E-state index contributed by atoms with van der Waals surface area (Å²) >= 11 is 0. The van der Waals surface area contributed by atoms with Crippen LogP contribution in [0.25, 0.3) is 0 Å². The second-order valence-electron chi connectivity index (χ2n) is 6.31. The van der Waals surface area contributed by atoms with Crippen LogP contribution in [0.3, 0.4) is 0 Å². The molecule has 1 heterocycles. The molecule has 0 aliphatic rings. The van der Waals surface area contributed by atoms with Gasteiger partial charge in [0.2, 0.25) is 0 Å². The molecule has 0 fully saturated rings. The van der Waals surface area contributed by atoms with Gasteiger partial charge in [-0.25, -0.2) is 0 Å². The van der Waals surface area contributed by atoms with E-state index in [1.807, 2.05) is 11.6 Å². The van der Waals surface area contributed by atoms with E-state index >= 15 is 0 Å². The number of hydrogen-bond acceptors (Lipinski definition) is 3. The van der Waals surface area contributed by atoms with E-state index in [4.69, 9.17) is 5.11 Å². The fourth-order valence-electron chi connectivity index (χ4n) is 1.95. The first-order chi connectivity index (χ1) is 9.69. The van der Waals surface area contributed by atoms with Crippen LogP contribution in [-0.2, 0) is 17.8 Å². The number of aromatic nitrogens is 2. The standard InChI is InChI=1S/C15H25N3O3/c1-6-12-11(7-17-18(12)8-10(2)3)13(19)16-9-15(4,5)14(20)21/h7,10H,6,8-9H2,1-5H3,(H,16,19)(H,20,21). The van der Waals surface area contributed by atoms with Gasteiger partial charge in [0, 0.05) is 13.1 Å². The fraction of sp³-hybridized carbons (Fsp3) is 0.667. The second kappa shape index (κ2) is 6.74. The normalized spacial score (nSPS) is 11.7. The fourth-order valence-corrected chi connectivity index (χ4v) is 1.95. The monoisotopic (exact) mass is 295 g/mol. The minimum absolute atomic E-state index is 0.0830. The Hall–Kier alpha value is -1.85. The molecule has 0 atom stereocenters. The van der Waals surface area contributed by atoms with Gasteiger partial charge in [0.25, 0.3) is 5.91 Å². The van der Waals surface area contributed by atoms with E-state index in [0.29, 0.717) is 17.9 Å². The lowest BCUT2D eigenvalue weighted by Crippen LogP contribution is -2.39. The summed E-state index contributed by atoms with van der Waals surface area (Å²) in [6.07, 6.45) is 2.27. The van der Waals surface area contributed by atoms with Gasteiger partial charge in [0.05, 0.1) is 22.9 Å². The molecule has 0 radical (unpaired) electrons. The van der Waals surface area contributed by atoms with Crippen LogP contribution in [0.4, 0.5) is 0 Å². The Morgan fingerprint density at radius 3 is 2.52 bits per heavy atom. The first-order valence-electron chi connectivity index (χ1n) is 7.25. The summed E-state index contributed by atoms with van der Waals surface area (Å²) < 4.78 is 1.85. The molecule has 1 aromatic heterocycles. The highest BCUT2D eigenvalue weighted by Crippen LogP contribution is 2.15. The minimum atomic E-state index is -0.990. The number of amides is 1. The third-order valence-corrected chi connectivity index (χ3v) is 3.34. The number of carboxylic acids is 1. The summed E-state index contributed by atoms with van der Waals surface area (Å²) in [5.74, 6) is -0.762. The number of rotatable bonds is 7. The molecular formula is C15H25N3O3. The Morgan fingerprint density at radius 1 is 1.43 bits per heavy atom. The second-order valence-corrected chi connectivity index (χ2v) is 6.31. The lowest BCUT2D eigenvalue weighted by Gasteiger charge is -2.19. The van der Waals surface area contributed by atoms with Gasteiger partial charge in [-0.05, 0) is 26.2 Å². The summed E-state index contributed by atoms with van der Waals surface area (Å²) in [4.78, 5) is 23.3. The van der Waals surface area contributed by atoms with E-state index in [1.54, 1.807) is 20.0 Å². The highest BCUT2D eigenvalue weighted by Gasteiger charge is 2.28. The van der Waals surface area contributed by atoms with Crippen LogP contribution in [0.1, 0.15) is 50.7 Å². The summed E-state index contributed by atoms with van der Waals surface area (Å²) in [6, 6.07) is 0. The molecule has 6 nitrogen and oxygen atoms in total. The van der Waals surface area contributed by atoms with Crippen LogP contribution in [0.15, 0.2) is 6.20 Å². The zero-order chi connectivity index (χ0) is 16.2. The lowest BCUT2D eigenvalue weighted by atomic mass is 9.94. The average Bonchev–Trinajstić information content (AvgIpc) is 2.77. The van der Waals surface area contributed by atoms with Gasteiger partial charge in [-0.2, -0.15) is 5.10 Å². The molecule has 0 spiro atoms.